The molecule has 0 bridgehead atoms. The number of methoxy groups -OCH3 is 1. The third-order valence-electron chi connectivity index (χ3n) is 4.55. The molecule has 0 aromatic carbocycles. The van der Waals surface area contributed by atoms with Crippen LogP contribution in [-0.2, 0) is 4.74 Å². The third-order valence-corrected chi connectivity index (χ3v) is 4.55. The molecule has 164 valence electrons. The number of ether oxygens (including phenoxy) is 1. The second-order valence-electron chi connectivity index (χ2n) is 7.15. The topological polar surface area (TPSA) is 106 Å². The Morgan fingerprint density at radius 3 is 2.60 bits per heavy atom. The Labute approximate surface area is 177 Å². The largest absolute Gasteiger partial charge is 0.507 e. The number of hydrogen-bond acceptors (Lipinski definition) is 6. The molecular weight excluding hydrogens is 386 g/mol. The number of rotatable bonds is 10. The number of aromatic hydroxyl groups is 1. The van der Waals surface area contributed by atoms with Crippen molar-refractivity contribution in [3.63, 3.8) is 0 Å². The van der Waals surface area contributed by atoms with Gasteiger partial charge in [-0.25, -0.2) is 9.59 Å². The van der Waals surface area contributed by atoms with E-state index in [1.165, 1.54) is 19.4 Å². The van der Waals surface area contributed by atoms with Crippen LogP contribution in [0.1, 0.15) is 75.4 Å². The molecule has 0 fully saturated rings. The molecule has 7 nitrogen and oxygen atoms in total. The van der Waals surface area contributed by atoms with Gasteiger partial charge in [-0.3, -0.25) is 10.1 Å². The minimum atomic E-state index is -0.855. The van der Waals surface area contributed by atoms with Crippen molar-refractivity contribution in [2.75, 3.05) is 7.11 Å². The summed E-state index contributed by atoms with van der Waals surface area (Å²) in [5, 5.41) is 12.7. The van der Waals surface area contributed by atoms with Crippen molar-refractivity contribution in [1.29, 1.82) is 0 Å². The molecule has 1 aromatic heterocycles. The van der Waals surface area contributed by atoms with E-state index in [1.54, 1.807) is 19.1 Å². The molecule has 30 heavy (non-hydrogen) atoms. The summed E-state index contributed by atoms with van der Waals surface area (Å²) >= 11 is 0. The van der Waals surface area contributed by atoms with Gasteiger partial charge in [-0.1, -0.05) is 44.1 Å². The van der Waals surface area contributed by atoms with Crippen LogP contribution in [0, 0.1) is 0 Å². The van der Waals surface area contributed by atoms with Crippen LogP contribution < -0.4 is 10.9 Å². The summed E-state index contributed by atoms with van der Waals surface area (Å²) in [6, 6.07) is 1.32. The zero-order chi connectivity index (χ0) is 22.7. The molecule has 7 heteroatoms. The van der Waals surface area contributed by atoms with E-state index in [0.29, 0.717) is 24.2 Å². The van der Waals surface area contributed by atoms with Crippen molar-refractivity contribution in [2.45, 2.75) is 59.3 Å². The molecule has 0 saturated carbocycles. The molecule has 1 aromatic rings. The number of carbonyl (C=O) groups excluding carboxylic acids is 2. The summed E-state index contributed by atoms with van der Waals surface area (Å²) in [6.45, 7) is 7.48. The van der Waals surface area contributed by atoms with E-state index in [9.17, 15) is 19.5 Å². The third kappa shape index (κ3) is 7.73. The summed E-state index contributed by atoms with van der Waals surface area (Å²) in [5.74, 6) is -0.823. The Bertz CT molecular complexity index is 891. The number of Topliss-reactive ketones (excluding diaryl/α,β-unsaturated/α-hetero) is 1. The normalized spacial score (nSPS) is 13.4. The van der Waals surface area contributed by atoms with E-state index in [1.807, 2.05) is 19.9 Å². The number of alkyl carbamates (subject to hydrolysis) is 1. The highest BCUT2D eigenvalue weighted by Crippen LogP contribution is 2.26. The molecule has 0 aliphatic carbocycles. The molecule has 1 rings (SSSR count). The standard InChI is InChI=1S/C23H31NO6/c1-6-9-15(2)11-12-17(4)21(26)20-18(25)14-19(30-22(20)27)16(3)10-7-8-13-24-23(28)29-5/h8,11-14,16,25H,6-7,9-10H2,1-5H3,(H,24,28)/b13-8+,15-11+,17-12+/t16-/m0/s1. The predicted molar refractivity (Wildman–Crippen MR) is 116 cm³/mol. The quantitative estimate of drug-likeness (QED) is 0.316. The van der Waals surface area contributed by atoms with Gasteiger partial charge >= 0.3 is 11.7 Å². The van der Waals surface area contributed by atoms with E-state index in [2.05, 4.69) is 17.0 Å². The molecule has 0 aliphatic heterocycles. The van der Waals surface area contributed by atoms with Crippen molar-refractivity contribution in [3.8, 4) is 5.75 Å². The highest BCUT2D eigenvalue weighted by atomic mass is 16.5. The van der Waals surface area contributed by atoms with Crippen LogP contribution >= 0.6 is 0 Å². The Balaban J connectivity index is 2.89. The first-order valence-corrected chi connectivity index (χ1v) is 9.96. The maximum absolute atomic E-state index is 12.6. The van der Waals surface area contributed by atoms with Crippen molar-refractivity contribution < 1.29 is 23.8 Å². The van der Waals surface area contributed by atoms with Crippen LogP contribution in [0.15, 0.2) is 50.9 Å². The average molecular weight is 418 g/mol. The fourth-order valence-electron chi connectivity index (χ4n) is 2.73. The van der Waals surface area contributed by atoms with Crippen LogP contribution in [0.3, 0.4) is 0 Å². The molecule has 0 saturated heterocycles. The molecular formula is C23H31NO6. The Hall–Kier alpha value is -3.09. The van der Waals surface area contributed by atoms with Crippen molar-refractivity contribution in [1.82, 2.24) is 5.32 Å². The summed E-state index contributed by atoms with van der Waals surface area (Å²) in [5.41, 5.74) is 0.258. The maximum Gasteiger partial charge on any atom is 0.410 e. The molecule has 1 heterocycles. The van der Waals surface area contributed by atoms with Gasteiger partial charge in [0.05, 0.1) is 7.11 Å². The lowest BCUT2D eigenvalue weighted by molar-refractivity contribution is 0.102. The molecule has 0 unspecified atom stereocenters. The molecule has 0 spiro atoms. The lowest BCUT2D eigenvalue weighted by Crippen LogP contribution is -2.16. The van der Waals surface area contributed by atoms with E-state index >= 15 is 0 Å². The first-order chi connectivity index (χ1) is 14.2. The lowest BCUT2D eigenvalue weighted by Gasteiger charge is -2.11. The predicted octanol–water partition coefficient (Wildman–Crippen LogP) is 4.97. The minimum Gasteiger partial charge on any atom is -0.507 e. The number of amides is 1. The van der Waals surface area contributed by atoms with E-state index in [4.69, 9.17) is 4.42 Å². The smallest absolute Gasteiger partial charge is 0.410 e. The van der Waals surface area contributed by atoms with Gasteiger partial charge in [-0.05, 0) is 38.7 Å². The Morgan fingerprint density at radius 2 is 2.00 bits per heavy atom. The highest BCUT2D eigenvalue weighted by molar-refractivity contribution is 6.09. The summed E-state index contributed by atoms with van der Waals surface area (Å²) in [6.07, 6.45) is 9.28. The van der Waals surface area contributed by atoms with Gasteiger partial charge in [0.1, 0.15) is 17.1 Å². The van der Waals surface area contributed by atoms with E-state index in [-0.39, 0.29) is 17.2 Å². The van der Waals surface area contributed by atoms with E-state index in [0.717, 1.165) is 18.4 Å². The number of allylic oxidation sites excluding steroid dienone is 5. The number of carbonyl (C=O) groups is 2. The number of ketones is 1. The highest BCUT2D eigenvalue weighted by Gasteiger charge is 2.21. The molecule has 1 atom stereocenters. The molecule has 0 radical (unpaired) electrons. The van der Waals surface area contributed by atoms with Crippen molar-refractivity contribution in [3.05, 3.63) is 63.4 Å². The Kier molecular flexibility index (Phi) is 10.4. The maximum atomic E-state index is 12.6. The fourth-order valence-corrected chi connectivity index (χ4v) is 2.73. The van der Waals surface area contributed by atoms with Crippen LogP contribution in [0.5, 0.6) is 5.75 Å². The second kappa shape index (κ2) is 12.5. The Morgan fingerprint density at radius 1 is 1.30 bits per heavy atom. The van der Waals surface area contributed by atoms with Crippen molar-refractivity contribution >= 4 is 11.9 Å². The first-order valence-electron chi connectivity index (χ1n) is 9.96. The number of hydrogen-bond donors (Lipinski definition) is 2. The molecule has 0 aliphatic rings. The lowest BCUT2D eigenvalue weighted by atomic mass is 9.99. The van der Waals surface area contributed by atoms with Crippen LogP contribution in [0.4, 0.5) is 4.79 Å². The zero-order valence-electron chi connectivity index (χ0n) is 18.3. The summed E-state index contributed by atoms with van der Waals surface area (Å²) < 4.78 is 9.75. The SMILES string of the molecule is CCC/C(C)=C/C=C(\C)C(=O)c1c(O)cc([C@@H](C)CC/C=C/NC(=O)OC)oc1=O. The van der Waals surface area contributed by atoms with Gasteiger partial charge in [0.15, 0.2) is 5.78 Å². The average Bonchev–Trinajstić information content (AvgIpc) is 2.70. The monoisotopic (exact) mass is 417 g/mol. The first kappa shape index (κ1) is 24.9. The van der Waals surface area contributed by atoms with Gasteiger partial charge in [0, 0.05) is 18.2 Å². The minimum absolute atomic E-state index is 0.174. The number of nitrogens with one attached hydrogen (secondary N) is 1. The second-order valence-corrected chi connectivity index (χ2v) is 7.15. The van der Waals surface area contributed by atoms with Gasteiger partial charge in [-0.2, -0.15) is 0 Å². The summed E-state index contributed by atoms with van der Waals surface area (Å²) in [7, 11) is 1.27. The molecule has 1 amide bonds. The summed E-state index contributed by atoms with van der Waals surface area (Å²) in [4.78, 5) is 35.9. The van der Waals surface area contributed by atoms with Crippen LogP contribution in [0.25, 0.3) is 0 Å². The van der Waals surface area contributed by atoms with Crippen LogP contribution in [0.2, 0.25) is 0 Å². The zero-order valence-corrected chi connectivity index (χ0v) is 18.3. The van der Waals surface area contributed by atoms with Crippen molar-refractivity contribution in [2.24, 2.45) is 0 Å². The van der Waals surface area contributed by atoms with Crippen LogP contribution in [-0.4, -0.2) is 24.1 Å². The van der Waals surface area contributed by atoms with Gasteiger partial charge in [0.2, 0.25) is 0 Å². The van der Waals surface area contributed by atoms with Gasteiger partial charge < -0.3 is 14.3 Å². The fraction of sp³-hybridized carbons (Fsp3) is 0.435. The van der Waals surface area contributed by atoms with Gasteiger partial charge in [-0.15, -0.1) is 0 Å². The molecule has 2 N–H and O–H groups in total. The van der Waals surface area contributed by atoms with E-state index < -0.39 is 17.5 Å². The van der Waals surface area contributed by atoms with Gasteiger partial charge in [0.25, 0.3) is 0 Å².